The second-order valence-corrected chi connectivity index (χ2v) is 7.17. The number of hydrogen-bond donors (Lipinski definition) is 2. The zero-order valence-electron chi connectivity index (χ0n) is 12.8. The molecule has 2 fully saturated rings. The fraction of sp³-hybridized carbons (Fsp3) is 0.938. The van der Waals surface area contributed by atoms with Crippen molar-refractivity contribution in [1.82, 2.24) is 10.6 Å². The lowest BCUT2D eigenvalue weighted by atomic mass is 9.77. The minimum Gasteiger partial charge on any atom is -0.352 e. The van der Waals surface area contributed by atoms with Crippen LogP contribution in [0.2, 0.25) is 0 Å². The summed E-state index contributed by atoms with van der Waals surface area (Å²) >= 11 is 0. The van der Waals surface area contributed by atoms with Crippen LogP contribution in [-0.2, 0) is 4.79 Å². The van der Waals surface area contributed by atoms with Crippen molar-refractivity contribution < 1.29 is 4.79 Å². The van der Waals surface area contributed by atoms with Gasteiger partial charge in [0.05, 0.1) is 6.04 Å². The lowest BCUT2D eigenvalue weighted by Gasteiger charge is -2.39. The summed E-state index contributed by atoms with van der Waals surface area (Å²) in [4.78, 5) is 12.5. The summed E-state index contributed by atoms with van der Waals surface area (Å²) < 4.78 is 0. The number of piperidine rings is 1. The molecule has 0 bridgehead atoms. The van der Waals surface area contributed by atoms with E-state index >= 15 is 0 Å². The number of hydrogen-bond acceptors (Lipinski definition) is 2. The number of carbonyl (C=O) groups is 1. The molecular formula is C16H30N2O. The first-order valence-electron chi connectivity index (χ1n) is 8.04. The van der Waals surface area contributed by atoms with Gasteiger partial charge < -0.3 is 10.6 Å². The molecule has 1 unspecified atom stereocenters. The fourth-order valence-electron chi connectivity index (χ4n) is 3.72. The molecule has 1 aliphatic carbocycles. The molecule has 1 amide bonds. The van der Waals surface area contributed by atoms with Gasteiger partial charge >= 0.3 is 0 Å². The summed E-state index contributed by atoms with van der Waals surface area (Å²) in [6.07, 6.45) is 8.90. The Morgan fingerprint density at radius 2 is 1.89 bits per heavy atom. The van der Waals surface area contributed by atoms with Crippen molar-refractivity contribution in [3.05, 3.63) is 0 Å². The first-order chi connectivity index (χ1) is 9.00. The molecule has 2 aliphatic rings. The molecule has 0 radical (unpaired) electrons. The van der Waals surface area contributed by atoms with Crippen molar-refractivity contribution in [2.24, 2.45) is 11.3 Å². The molecule has 19 heavy (non-hydrogen) atoms. The van der Waals surface area contributed by atoms with E-state index in [1.807, 2.05) is 0 Å². The van der Waals surface area contributed by atoms with E-state index in [2.05, 4.69) is 31.4 Å². The Bertz CT molecular complexity index is 308. The van der Waals surface area contributed by atoms with E-state index in [0.717, 1.165) is 13.0 Å². The molecule has 2 N–H and O–H groups in total. The summed E-state index contributed by atoms with van der Waals surface area (Å²) in [5, 5.41) is 6.68. The maximum atomic E-state index is 12.5. The van der Waals surface area contributed by atoms with E-state index in [0.29, 0.717) is 12.0 Å². The van der Waals surface area contributed by atoms with Crippen LogP contribution in [0.3, 0.4) is 0 Å². The van der Waals surface area contributed by atoms with Gasteiger partial charge in [0.25, 0.3) is 0 Å². The van der Waals surface area contributed by atoms with E-state index in [-0.39, 0.29) is 17.4 Å². The van der Waals surface area contributed by atoms with Crippen LogP contribution in [0.1, 0.15) is 65.7 Å². The fourth-order valence-corrected chi connectivity index (χ4v) is 3.72. The van der Waals surface area contributed by atoms with Gasteiger partial charge in [0, 0.05) is 6.04 Å². The van der Waals surface area contributed by atoms with Crippen molar-refractivity contribution in [2.45, 2.75) is 77.8 Å². The summed E-state index contributed by atoms with van der Waals surface area (Å²) in [6.45, 7) is 7.56. The number of nitrogens with one attached hydrogen (secondary N) is 2. The van der Waals surface area contributed by atoms with Crippen molar-refractivity contribution in [1.29, 1.82) is 0 Å². The van der Waals surface area contributed by atoms with Gasteiger partial charge in [0.1, 0.15) is 0 Å². The van der Waals surface area contributed by atoms with Crippen LogP contribution in [0.15, 0.2) is 0 Å². The Balaban J connectivity index is 1.88. The largest absolute Gasteiger partial charge is 0.352 e. The molecule has 110 valence electrons. The topological polar surface area (TPSA) is 41.1 Å². The highest BCUT2D eigenvalue weighted by Crippen LogP contribution is 2.31. The quantitative estimate of drug-likeness (QED) is 0.824. The van der Waals surface area contributed by atoms with Gasteiger partial charge in [-0.25, -0.2) is 0 Å². The first kappa shape index (κ1) is 14.8. The van der Waals surface area contributed by atoms with E-state index in [1.54, 1.807) is 0 Å². The Labute approximate surface area is 117 Å². The third-order valence-corrected chi connectivity index (χ3v) is 5.12. The predicted molar refractivity (Wildman–Crippen MR) is 79.0 cm³/mol. The summed E-state index contributed by atoms with van der Waals surface area (Å²) in [5.41, 5.74) is 0.0780. The molecule has 2 rings (SSSR count). The van der Waals surface area contributed by atoms with Crippen molar-refractivity contribution >= 4 is 5.91 Å². The molecule has 0 aromatic heterocycles. The van der Waals surface area contributed by atoms with Crippen LogP contribution in [-0.4, -0.2) is 24.5 Å². The van der Waals surface area contributed by atoms with E-state index < -0.39 is 0 Å². The van der Waals surface area contributed by atoms with Crippen molar-refractivity contribution in [2.75, 3.05) is 6.54 Å². The lowest BCUT2D eigenvalue weighted by Crippen LogP contribution is -2.57. The molecular weight excluding hydrogens is 236 g/mol. The third kappa shape index (κ3) is 3.71. The van der Waals surface area contributed by atoms with Gasteiger partial charge in [0.15, 0.2) is 0 Å². The maximum Gasteiger partial charge on any atom is 0.237 e. The summed E-state index contributed by atoms with van der Waals surface area (Å²) in [7, 11) is 0. The second kappa shape index (κ2) is 6.25. The average Bonchev–Trinajstić information content (AvgIpc) is 2.39. The normalized spacial score (nSPS) is 29.7. The van der Waals surface area contributed by atoms with Crippen LogP contribution in [0, 0.1) is 11.3 Å². The van der Waals surface area contributed by atoms with Gasteiger partial charge in [-0.3, -0.25) is 4.79 Å². The Kier molecular flexibility index (Phi) is 4.88. The van der Waals surface area contributed by atoms with Gasteiger partial charge in [-0.2, -0.15) is 0 Å². The monoisotopic (exact) mass is 266 g/mol. The highest BCUT2D eigenvalue weighted by molar-refractivity contribution is 5.83. The van der Waals surface area contributed by atoms with E-state index in [1.165, 1.54) is 38.5 Å². The first-order valence-corrected chi connectivity index (χ1v) is 8.04. The van der Waals surface area contributed by atoms with Crippen molar-refractivity contribution in [3.63, 3.8) is 0 Å². The molecule has 1 heterocycles. The molecule has 0 spiro atoms. The Hall–Kier alpha value is -0.570. The van der Waals surface area contributed by atoms with Crippen LogP contribution >= 0.6 is 0 Å². The minimum absolute atomic E-state index is 0.0210. The van der Waals surface area contributed by atoms with Crippen LogP contribution < -0.4 is 10.6 Å². The van der Waals surface area contributed by atoms with Crippen LogP contribution in [0.4, 0.5) is 0 Å². The number of rotatable bonds is 3. The van der Waals surface area contributed by atoms with Gasteiger partial charge in [-0.15, -0.1) is 0 Å². The highest BCUT2D eigenvalue weighted by atomic mass is 16.2. The van der Waals surface area contributed by atoms with E-state index in [9.17, 15) is 4.79 Å². The second-order valence-electron chi connectivity index (χ2n) is 7.17. The molecule has 0 aromatic carbocycles. The van der Waals surface area contributed by atoms with Crippen LogP contribution in [0.25, 0.3) is 0 Å². The standard InChI is InChI=1S/C16H30N2O/c1-12(13-8-5-4-6-9-13)18-15(19)14-16(2,3)10-7-11-17-14/h12-14,17H,4-11H2,1-3H3,(H,18,19)/t12-,14?/m1/s1. The molecule has 3 heteroatoms. The zero-order chi connectivity index (χ0) is 13.9. The van der Waals surface area contributed by atoms with Crippen LogP contribution in [0.5, 0.6) is 0 Å². The predicted octanol–water partition coefficient (Wildman–Crippen LogP) is 2.85. The molecule has 1 saturated heterocycles. The zero-order valence-corrected chi connectivity index (χ0v) is 12.8. The molecule has 1 saturated carbocycles. The Morgan fingerprint density at radius 1 is 1.21 bits per heavy atom. The number of amides is 1. The lowest BCUT2D eigenvalue weighted by molar-refractivity contribution is -0.127. The maximum absolute atomic E-state index is 12.5. The smallest absolute Gasteiger partial charge is 0.237 e. The van der Waals surface area contributed by atoms with Gasteiger partial charge in [-0.05, 0) is 50.5 Å². The Morgan fingerprint density at radius 3 is 2.53 bits per heavy atom. The van der Waals surface area contributed by atoms with E-state index in [4.69, 9.17) is 0 Å². The molecule has 0 aromatic rings. The molecule has 3 nitrogen and oxygen atoms in total. The number of carbonyl (C=O) groups excluding carboxylic acids is 1. The SMILES string of the molecule is C[C@@H](NC(=O)C1NCCCC1(C)C)C1CCCCC1. The highest BCUT2D eigenvalue weighted by Gasteiger charge is 2.37. The molecule has 2 atom stereocenters. The summed E-state index contributed by atoms with van der Waals surface area (Å²) in [6, 6.07) is 0.305. The van der Waals surface area contributed by atoms with Gasteiger partial charge in [-0.1, -0.05) is 33.1 Å². The average molecular weight is 266 g/mol. The minimum atomic E-state index is -0.0210. The molecule has 1 aliphatic heterocycles. The van der Waals surface area contributed by atoms with Gasteiger partial charge in [0.2, 0.25) is 5.91 Å². The third-order valence-electron chi connectivity index (χ3n) is 5.12. The van der Waals surface area contributed by atoms with Crippen molar-refractivity contribution in [3.8, 4) is 0 Å². The summed E-state index contributed by atoms with van der Waals surface area (Å²) in [5.74, 6) is 0.896.